The van der Waals surface area contributed by atoms with Gasteiger partial charge in [-0.05, 0) is 57.1 Å². The van der Waals surface area contributed by atoms with Gasteiger partial charge in [0.1, 0.15) is 4.90 Å². The third-order valence-electron chi connectivity index (χ3n) is 5.85. The van der Waals surface area contributed by atoms with Crippen LogP contribution in [0, 0.1) is 5.92 Å². The van der Waals surface area contributed by atoms with Crippen molar-refractivity contribution < 1.29 is 13.2 Å². The normalized spacial score (nSPS) is 18.1. The van der Waals surface area contributed by atoms with Crippen LogP contribution in [0.2, 0.25) is 0 Å². The molecule has 0 saturated carbocycles. The van der Waals surface area contributed by atoms with Crippen LogP contribution in [0.4, 0.5) is 0 Å². The average molecular weight is 449 g/mol. The first-order chi connectivity index (χ1) is 14.5. The van der Waals surface area contributed by atoms with E-state index < -0.39 is 10.0 Å². The molecule has 0 radical (unpaired) electrons. The van der Waals surface area contributed by atoms with Crippen molar-refractivity contribution in [3.8, 4) is 0 Å². The lowest BCUT2D eigenvalue weighted by molar-refractivity contribution is -0.126. The molecule has 2 aliphatic rings. The summed E-state index contributed by atoms with van der Waals surface area (Å²) in [7, 11) is -3.53. The SMILES string of the molecule is O=C(NCCCc1nc2c(s1)CCCC2)C1CCN(S(=O)(=O)c2cccnc2)CC1. The monoisotopic (exact) mass is 448 g/mol. The topological polar surface area (TPSA) is 92.3 Å². The number of carbonyl (C=O) groups is 1. The van der Waals surface area contributed by atoms with Gasteiger partial charge in [0.25, 0.3) is 0 Å². The first-order valence-electron chi connectivity index (χ1n) is 10.7. The van der Waals surface area contributed by atoms with Gasteiger partial charge in [0, 0.05) is 49.2 Å². The third-order valence-corrected chi connectivity index (χ3v) is 8.95. The number of aromatic nitrogens is 2. The number of aryl methyl sites for hydroxylation is 3. The van der Waals surface area contributed by atoms with Crippen LogP contribution in [-0.4, -0.2) is 48.2 Å². The van der Waals surface area contributed by atoms with E-state index in [1.54, 1.807) is 18.3 Å². The fourth-order valence-electron chi connectivity index (χ4n) is 4.12. The number of rotatable bonds is 7. The van der Waals surface area contributed by atoms with E-state index in [2.05, 4.69) is 10.3 Å². The number of hydrogen-bond donors (Lipinski definition) is 1. The number of nitrogens with one attached hydrogen (secondary N) is 1. The van der Waals surface area contributed by atoms with Gasteiger partial charge in [-0.1, -0.05) is 0 Å². The molecule has 2 aromatic heterocycles. The van der Waals surface area contributed by atoms with E-state index in [1.165, 1.54) is 45.3 Å². The van der Waals surface area contributed by atoms with E-state index in [9.17, 15) is 13.2 Å². The Balaban J connectivity index is 1.20. The zero-order chi connectivity index (χ0) is 21.0. The molecule has 3 heterocycles. The van der Waals surface area contributed by atoms with E-state index in [-0.39, 0.29) is 16.7 Å². The molecule has 0 bridgehead atoms. The summed E-state index contributed by atoms with van der Waals surface area (Å²) in [6.07, 6.45) is 10.6. The summed E-state index contributed by atoms with van der Waals surface area (Å²) in [5.74, 6) is -0.0932. The van der Waals surface area contributed by atoms with Crippen molar-refractivity contribution >= 4 is 27.3 Å². The molecule has 1 fully saturated rings. The summed E-state index contributed by atoms with van der Waals surface area (Å²) in [6.45, 7) is 1.36. The van der Waals surface area contributed by atoms with Crippen LogP contribution < -0.4 is 5.32 Å². The quantitative estimate of drug-likeness (QED) is 0.657. The molecule has 1 saturated heterocycles. The van der Waals surface area contributed by atoms with Crippen LogP contribution in [0.3, 0.4) is 0 Å². The number of nitrogens with zero attached hydrogens (tertiary/aromatic N) is 3. The van der Waals surface area contributed by atoms with Crippen LogP contribution in [0.25, 0.3) is 0 Å². The molecule has 0 unspecified atom stereocenters. The summed E-state index contributed by atoms with van der Waals surface area (Å²) in [5, 5.41) is 4.21. The fraction of sp³-hybridized carbons (Fsp3) is 0.571. The summed E-state index contributed by atoms with van der Waals surface area (Å²) >= 11 is 1.83. The van der Waals surface area contributed by atoms with E-state index in [0.29, 0.717) is 32.5 Å². The van der Waals surface area contributed by atoms with Crippen molar-refractivity contribution in [1.82, 2.24) is 19.6 Å². The zero-order valence-electron chi connectivity index (χ0n) is 17.0. The highest BCUT2D eigenvalue weighted by Crippen LogP contribution is 2.27. The maximum Gasteiger partial charge on any atom is 0.244 e. The van der Waals surface area contributed by atoms with Crippen molar-refractivity contribution in [2.24, 2.45) is 5.92 Å². The Hall–Kier alpha value is -1.84. The van der Waals surface area contributed by atoms with Crippen LogP contribution in [0.5, 0.6) is 0 Å². The van der Waals surface area contributed by atoms with Gasteiger partial charge >= 0.3 is 0 Å². The lowest BCUT2D eigenvalue weighted by atomic mass is 9.97. The van der Waals surface area contributed by atoms with Crippen LogP contribution in [0.15, 0.2) is 29.4 Å². The maximum atomic E-state index is 12.7. The Labute approximate surface area is 182 Å². The molecule has 162 valence electrons. The smallest absolute Gasteiger partial charge is 0.244 e. The molecule has 7 nitrogen and oxygen atoms in total. The maximum absolute atomic E-state index is 12.7. The first-order valence-corrected chi connectivity index (χ1v) is 12.9. The second-order valence-electron chi connectivity index (χ2n) is 7.95. The third kappa shape index (κ3) is 4.90. The van der Waals surface area contributed by atoms with Crippen LogP contribution >= 0.6 is 11.3 Å². The highest BCUT2D eigenvalue weighted by molar-refractivity contribution is 7.89. The molecule has 30 heavy (non-hydrogen) atoms. The summed E-state index contributed by atoms with van der Waals surface area (Å²) in [4.78, 5) is 22.8. The number of carbonyl (C=O) groups excluding carboxylic acids is 1. The highest BCUT2D eigenvalue weighted by Gasteiger charge is 2.32. The summed E-state index contributed by atoms with van der Waals surface area (Å²) in [6, 6.07) is 3.17. The number of sulfonamides is 1. The molecule has 2 aromatic rings. The van der Waals surface area contributed by atoms with Gasteiger partial charge in [0.05, 0.1) is 10.7 Å². The number of thiazole rings is 1. The molecule has 1 aliphatic carbocycles. The van der Waals surface area contributed by atoms with Crippen molar-refractivity contribution in [3.63, 3.8) is 0 Å². The van der Waals surface area contributed by atoms with Gasteiger partial charge < -0.3 is 5.32 Å². The summed E-state index contributed by atoms with van der Waals surface area (Å²) < 4.78 is 26.8. The van der Waals surface area contributed by atoms with Gasteiger partial charge in [-0.15, -0.1) is 11.3 Å². The average Bonchev–Trinajstić information content (AvgIpc) is 3.20. The van der Waals surface area contributed by atoms with E-state index >= 15 is 0 Å². The molecule has 4 rings (SSSR count). The van der Waals surface area contributed by atoms with E-state index in [1.807, 2.05) is 11.3 Å². The highest BCUT2D eigenvalue weighted by atomic mass is 32.2. The second kappa shape index (κ2) is 9.53. The molecule has 1 amide bonds. The molecule has 0 atom stereocenters. The molecule has 9 heteroatoms. The number of fused-ring (bicyclic) bond motifs is 1. The van der Waals surface area contributed by atoms with Crippen LogP contribution in [-0.2, 0) is 34.1 Å². The van der Waals surface area contributed by atoms with Gasteiger partial charge in [-0.3, -0.25) is 9.78 Å². The number of hydrogen-bond acceptors (Lipinski definition) is 6. The van der Waals surface area contributed by atoms with Crippen molar-refractivity contribution in [1.29, 1.82) is 0 Å². The van der Waals surface area contributed by atoms with Crippen LogP contribution in [0.1, 0.15) is 47.7 Å². The molecule has 0 aromatic carbocycles. The molecule has 0 spiro atoms. The molecule has 1 aliphatic heterocycles. The van der Waals surface area contributed by atoms with Gasteiger partial charge in [-0.2, -0.15) is 4.31 Å². The lowest BCUT2D eigenvalue weighted by Gasteiger charge is -2.30. The van der Waals surface area contributed by atoms with Gasteiger partial charge in [0.2, 0.25) is 15.9 Å². The Bertz CT molecular complexity index is 944. The van der Waals surface area contributed by atoms with E-state index in [4.69, 9.17) is 4.98 Å². The Morgan fingerprint density at radius 1 is 1.23 bits per heavy atom. The Kier molecular flexibility index (Phi) is 6.80. The summed E-state index contributed by atoms with van der Waals surface area (Å²) in [5.41, 5.74) is 1.29. The number of amides is 1. The minimum atomic E-state index is -3.53. The minimum Gasteiger partial charge on any atom is -0.356 e. The minimum absolute atomic E-state index is 0.0341. The Morgan fingerprint density at radius 2 is 2.03 bits per heavy atom. The second-order valence-corrected chi connectivity index (χ2v) is 11.1. The zero-order valence-corrected chi connectivity index (χ0v) is 18.7. The van der Waals surface area contributed by atoms with Crippen molar-refractivity contribution in [2.75, 3.05) is 19.6 Å². The first kappa shape index (κ1) is 21.4. The standard InChI is InChI=1S/C21H28N4O3S2/c26-21(23-12-4-8-20-24-18-6-1-2-7-19(18)29-20)16-9-13-25(14-10-16)30(27,28)17-5-3-11-22-15-17/h3,5,11,15-16H,1-2,4,6-10,12-14H2,(H,23,26). The predicted octanol–water partition coefficient (Wildman–Crippen LogP) is 2.57. The number of pyridine rings is 1. The van der Waals surface area contributed by atoms with Crippen molar-refractivity contribution in [3.05, 3.63) is 40.1 Å². The van der Waals surface area contributed by atoms with Gasteiger partial charge in [0.15, 0.2) is 0 Å². The van der Waals surface area contributed by atoms with Crippen molar-refractivity contribution in [2.45, 2.75) is 56.3 Å². The lowest BCUT2D eigenvalue weighted by Crippen LogP contribution is -2.43. The molecule has 1 N–H and O–H groups in total. The number of piperidine rings is 1. The van der Waals surface area contributed by atoms with E-state index in [0.717, 1.165) is 19.3 Å². The largest absolute Gasteiger partial charge is 0.356 e. The van der Waals surface area contributed by atoms with Gasteiger partial charge in [-0.25, -0.2) is 13.4 Å². The fourth-order valence-corrected chi connectivity index (χ4v) is 6.75. The predicted molar refractivity (Wildman–Crippen MR) is 116 cm³/mol. The molecular weight excluding hydrogens is 420 g/mol. The Morgan fingerprint density at radius 3 is 2.77 bits per heavy atom. The molecular formula is C21H28N4O3S2.